The van der Waals surface area contributed by atoms with E-state index >= 15 is 0 Å². The van der Waals surface area contributed by atoms with Crippen molar-refractivity contribution in [1.82, 2.24) is 5.48 Å². The number of carbonyl (C=O) groups excluding carboxylic acids is 1. The van der Waals surface area contributed by atoms with E-state index in [4.69, 9.17) is 14.4 Å². The average molecular weight is 372 g/mol. The highest BCUT2D eigenvalue weighted by atomic mass is 16.8. The topological polar surface area (TPSA) is 69.2 Å². The van der Waals surface area contributed by atoms with Gasteiger partial charge in [-0.15, -0.1) is 0 Å². The lowest BCUT2D eigenvalue weighted by Crippen LogP contribution is -2.36. The molecule has 1 saturated heterocycles. The van der Waals surface area contributed by atoms with Crippen LogP contribution in [-0.4, -0.2) is 30.6 Å². The van der Waals surface area contributed by atoms with Crippen LogP contribution in [-0.2, 0) is 19.2 Å². The van der Waals surface area contributed by atoms with Crippen LogP contribution >= 0.6 is 0 Å². The Morgan fingerprint density at radius 3 is 2.89 bits per heavy atom. The van der Waals surface area contributed by atoms with Gasteiger partial charge in [-0.05, 0) is 37.3 Å². The van der Waals surface area contributed by atoms with Gasteiger partial charge in [-0.1, -0.05) is 48.5 Å². The third kappa shape index (κ3) is 5.65. The fraction of sp³-hybridized carbons (Fsp3) is 0.524. The van der Waals surface area contributed by atoms with Crippen molar-refractivity contribution in [2.24, 2.45) is 11.1 Å². The molecule has 2 aliphatic rings. The van der Waals surface area contributed by atoms with Crippen molar-refractivity contribution in [1.29, 1.82) is 0 Å². The average Bonchev–Trinajstić information content (AvgIpc) is 3.16. The Balaban J connectivity index is 1.43. The summed E-state index contributed by atoms with van der Waals surface area (Å²) >= 11 is 0. The molecule has 1 amide bonds. The lowest BCUT2D eigenvalue weighted by molar-refractivity contribution is -0.202. The lowest BCUT2D eigenvalue weighted by atomic mass is 9.97. The minimum atomic E-state index is -0.335. The van der Waals surface area contributed by atoms with Crippen LogP contribution in [0.25, 0.3) is 6.08 Å². The van der Waals surface area contributed by atoms with Crippen LogP contribution in [0.5, 0.6) is 0 Å². The summed E-state index contributed by atoms with van der Waals surface area (Å²) in [6.45, 7) is 4.55. The molecule has 0 aromatic heterocycles. The number of oxime groups is 1. The van der Waals surface area contributed by atoms with Gasteiger partial charge in [0, 0.05) is 25.4 Å². The van der Waals surface area contributed by atoms with Crippen molar-refractivity contribution in [3.05, 3.63) is 41.5 Å². The number of hydroxylamine groups is 1. The standard InChI is InChI=1S/C21H28N2O4/c1-3-6-16-8-10-17(11-9-16)19-14-18(26-22-19)13-15(2)21(24)23-27-20-7-4-5-12-25-20/h3,6,8-11,15,18,20H,4-5,7,12-14H2,1-2H3,(H,23,24)/b6-3+/t15-,18-,20?/m0/s1. The number of ether oxygens (including phenoxy) is 1. The van der Waals surface area contributed by atoms with Gasteiger partial charge in [0.25, 0.3) is 0 Å². The van der Waals surface area contributed by atoms with E-state index < -0.39 is 0 Å². The first-order chi connectivity index (χ1) is 13.2. The summed E-state index contributed by atoms with van der Waals surface area (Å²) in [6.07, 6.45) is 7.84. The molecule has 0 saturated carbocycles. The smallest absolute Gasteiger partial charge is 0.246 e. The zero-order chi connectivity index (χ0) is 19.1. The zero-order valence-electron chi connectivity index (χ0n) is 16.0. The lowest BCUT2D eigenvalue weighted by Gasteiger charge is -2.23. The normalized spacial score (nSPS) is 23.7. The number of amides is 1. The van der Waals surface area contributed by atoms with E-state index in [0.717, 1.165) is 36.1 Å². The van der Waals surface area contributed by atoms with Gasteiger partial charge in [0.05, 0.1) is 5.71 Å². The Bertz CT molecular complexity index is 678. The largest absolute Gasteiger partial charge is 0.392 e. The number of rotatable bonds is 7. The van der Waals surface area contributed by atoms with Crippen LogP contribution < -0.4 is 5.48 Å². The monoisotopic (exact) mass is 372 g/mol. The maximum absolute atomic E-state index is 12.2. The van der Waals surface area contributed by atoms with Crippen LogP contribution in [0.1, 0.15) is 57.1 Å². The molecule has 1 fully saturated rings. The third-order valence-corrected chi connectivity index (χ3v) is 4.83. The molecule has 1 N–H and O–H groups in total. The van der Waals surface area contributed by atoms with Gasteiger partial charge in [0.1, 0.15) is 6.10 Å². The predicted octanol–water partition coefficient (Wildman–Crippen LogP) is 3.81. The first kappa shape index (κ1) is 19.6. The maximum Gasteiger partial charge on any atom is 0.246 e. The number of nitrogens with zero attached hydrogens (tertiary/aromatic N) is 1. The molecule has 0 bridgehead atoms. The summed E-state index contributed by atoms with van der Waals surface area (Å²) in [5, 5.41) is 4.21. The maximum atomic E-state index is 12.2. The Kier molecular flexibility index (Phi) is 7.01. The van der Waals surface area contributed by atoms with E-state index in [1.807, 2.05) is 32.1 Å². The van der Waals surface area contributed by atoms with E-state index in [9.17, 15) is 4.79 Å². The van der Waals surface area contributed by atoms with Crippen molar-refractivity contribution in [2.75, 3.05) is 6.61 Å². The summed E-state index contributed by atoms with van der Waals surface area (Å²) in [6, 6.07) is 8.22. The third-order valence-electron chi connectivity index (χ3n) is 4.83. The molecule has 3 rings (SSSR count). The van der Waals surface area contributed by atoms with Gasteiger partial charge in [0.2, 0.25) is 5.91 Å². The molecular weight excluding hydrogens is 344 g/mol. The molecule has 1 aromatic rings. The molecule has 1 unspecified atom stereocenters. The Labute approximate surface area is 160 Å². The Morgan fingerprint density at radius 1 is 1.37 bits per heavy atom. The molecule has 3 atom stereocenters. The molecule has 2 aliphatic heterocycles. The number of hydrogen-bond acceptors (Lipinski definition) is 5. The van der Waals surface area contributed by atoms with Crippen molar-refractivity contribution >= 4 is 17.7 Å². The molecule has 146 valence electrons. The second-order valence-electron chi connectivity index (χ2n) is 7.11. The van der Waals surface area contributed by atoms with E-state index in [1.54, 1.807) is 0 Å². The van der Waals surface area contributed by atoms with E-state index in [2.05, 4.69) is 28.8 Å². The summed E-state index contributed by atoms with van der Waals surface area (Å²) in [5.74, 6) is -0.387. The van der Waals surface area contributed by atoms with Crippen LogP contribution in [0.2, 0.25) is 0 Å². The van der Waals surface area contributed by atoms with Crippen LogP contribution in [0.4, 0.5) is 0 Å². The van der Waals surface area contributed by atoms with E-state index in [0.29, 0.717) is 19.4 Å². The van der Waals surface area contributed by atoms with Gasteiger partial charge in [0.15, 0.2) is 6.29 Å². The highest BCUT2D eigenvalue weighted by molar-refractivity contribution is 6.01. The van der Waals surface area contributed by atoms with E-state index in [1.165, 1.54) is 0 Å². The summed E-state index contributed by atoms with van der Waals surface area (Å²) in [5.41, 5.74) is 5.66. The molecule has 0 aliphatic carbocycles. The second kappa shape index (κ2) is 9.67. The quantitative estimate of drug-likeness (QED) is 0.739. The molecular formula is C21H28N2O4. The SMILES string of the molecule is C/C=C/c1ccc(C2=NO[C@@H](C[C@H](C)C(=O)NOC3CCCCO3)C2)cc1. The second-order valence-corrected chi connectivity index (χ2v) is 7.11. The van der Waals surface area contributed by atoms with Gasteiger partial charge < -0.3 is 9.57 Å². The predicted molar refractivity (Wildman–Crippen MR) is 104 cm³/mol. The van der Waals surface area contributed by atoms with E-state index in [-0.39, 0.29) is 24.2 Å². The number of carbonyl (C=O) groups is 1. The fourth-order valence-corrected chi connectivity index (χ4v) is 3.23. The summed E-state index contributed by atoms with van der Waals surface area (Å²) in [4.78, 5) is 23.1. The summed E-state index contributed by atoms with van der Waals surface area (Å²) < 4.78 is 5.44. The number of nitrogens with one attached hydrogen (secondary N) is 1. The van der Waals surface area contributed by atoms with Gasteiger partial charge in [-0.2, -0.15) is 0 Å². The minimum Gasteiger partial charge on any atom is -0.392 e. The molecule has 0 spiro atoms. The zero-order valence-corrected chi connectivity index (χ0v) is 16.0. The Morgan fingerprint density at radius 2 is 2.19 bits per heavy atom. The van der Waals surface area contributed by atoms with Crippen molar-refractivity contribution < 1.29 is 19.2 Å². The van der Waals surface area contributed by atoms with Crippen molar-refractivity contribution in [2.45, 2.75) is 58.3 Å². The molecule has 27 heavy (non-hydrogen) atoms. The number of allylic oxidation sites excluding steroid dienone is 1. The van der Waals surface area contributed by atoms with Gasteiger partial charge in [-0.25, -0.2) is 10.3 Å². The Hall–Kier alpha value is -2.18. The highest BCUT2D eigenvalue weighted by Gasteiger charge is 2.27. The van der Waals surface area contributed by atoms with Crippen molar-refractivity contribution in [3.63, 3.8) is 0 Å². The van der Waals surface area contributed by atoms with Crippen LogP contribution in [0.15, 0.2) is 35.5 Å². The highest BCUT2D eigenvalue weighted by Crippen LogP contribution is 2.23. The van der Waals surface area contributed by atoms with Crippen LogP contribution in [0.3, 0.4) is 0 Å². The molecule has 6 heteroatoms. The van der Waals surface area contributed by atoms with Crippen molar-refractivity contribution in [3.8, 4) is 0 Å². The van der Waals surface area contributed by atoms with Gasteiger partial charge in [-0.3, -0.25) is 4.79 Å². The molecule has 2 heterocycles. The number of benzene rings is 1. The molecule has 6 nitrogen and oxygen atoms in total. The minimum absolute atomic E-state index is 0.0955. The fourth-order valence-electron chi connectivity index (χ4n) is 3.23. The first-order valence-corrected chi connectivity index (χ1v) is 9.68. The van der Waals surface area contributed by atoms with Crippen LogP contribution in [0, 0.1) is 5.92 Å². The first-order valence-electron chi connectivity index (χ1n) is 9.68. The number of hydrogen-bond donors (Lipinski definition) is 1. The van der Waals surface area contributed by atoms with Gasteiger partial charge >= 0.3 is 0 Å². The summed E-state index contributed by atoms with van der Waals surface area (Å²) in [7, 11) is 0. The molecule has 0 radical (unpaired) electrons. The molecule has 1 aromatic carbocycles.